The predicted octanol–water partition coefficient (Wildman–Crippen LogP) is 2.85. The zero-order chi connectivity index (χ0) is 19.4. The molecule has 2 aromatic rings. The van der Waals surface area contributed by atoms with E-state index in [4.69, 9.17) is 4.84 Å². The quantitative estimate of drug-likeness (QED) is 0.821. The average Bonchev–Trinajstić information content (AvgIpc) is 2.68. The third kappa shape index (κ3) is 4.25. The number of nitrogens with zero attached hydrogens (tertiary/aromatic N) is 2. The molecule has 0 aliphatic carbocycles. The van der Waals surface area contributed by atoms with Crippen LogP contribution in [0, 0.1) is 5.82 Å². The molecule has 7 heteroatoms. The maximum Gasteiger partial charge on any atom is 0.265 e. The van der Waals surface area contributed by atoms with Gasteiger partial charge in [0.1, 0.15) is 5.82 Å². The predicted molar refractivity (Wildman–Crippen MR) is 101 cm³/mol. The summed E-state index contributed by atoms with van der Waals surface area (Å²) >= 11 is 0. The van der Waals surface area contributed by atoms with Crippen LogP contribution in [0.25, 0.3) is 0 Å². The number of carbonyl (C=O) groups excluding carboxylic acids is 2. The van der Waals surface area contributed by atoms with Gasteiger partial charge in [-0.3, -0.25) is 14.4 Å². The number of amides is 2. The molecule has 142 valence electrons. The lowest BCUT2D eigenvalue weighted by molar-refractivity contribution is -0.166. The van der Waals surface area contributed by atoms with Gasteiger partial charge >= 0.3 is 0 Å². The van der Waals surface area contributed by atoms with Crippen molar-refractivity contribution in [3.63, 3.8) is 0 Å². The lowest BCUT2D eigenvalue weighted by Crippen LogP contribution is -2.40. The third-order valence-corrected chi connectivity index (χ3v) is 4.65. The SMILES string of the molecule is CON(C)C(=O)CN1CCCc2c(NC(=O)c3ccc(F)cc3)cccc21. The van der Waals surface area contributed by atoms with Crippen molar-refractivity contribution in [2.75, 3.05) is 37.5 Å². The number of likely N-dealkylation sites (N-methyl/N-ethyl adjacent to an activating group) is 1. The molecule has 2 aromatic carbocycles. The number of carbonyl (C=O) groups is 2. The summed E-state index contributed by atoms with van der Waals surface area (Å²) in [4.78, 5) is 31.6. The van der Waals surface area contributed by atoms with Crippen LogP contribution in [0.2, 0.25) is 0 Å². The highest BCUT2D eigenvalue weighted by molar-refractivity contribution is 6.05. The highest BCUT2D eigenvalue weighted by Crippen LogP contribution is 2.33. The van der Waals surface area contributed by atoms with Gasteiger partial charge in [-0.15, -0.1) is 0 Å². The molecule has 0 spiro atoms. The molecule has 0 saturated carbocycles. The number of nitrogens with one attached hydrogen (secondary N) is 1. The van der Waals surface area contributed by atoms with Crippen molar-refractivity contribution in [2.45, 2.75) is 12.8 Å². The topological polar surface area (TPSA) is 61.9 Å². The number of benzene rings is 2. The number of halogens is 1. The van der Waals surface area contributed by atoms with Crippen LogP contribution in [0.5, 0.6) is 0 Å². The van der Waals surface area contributed by atoms with Gasteiger partial charge in [0.25, 0.3) is 11.8 Å². The molecule has 0 fully saturated rings. The molecule has 1 N–H and O–H groups in total. The molecule has 0 radical (unpaired) electrons. The van der Waals surface area contributed by atoms with Crippen molar-refractivity contribution in [1.82, 2.24) is 5.06 Å². The minimum Gasteiger partial charge on any atom is -0.362 e. The van der Waals surface area contributed by atoms with E-state index in [0.717, 1.165) is 30.6 Å². The van der Waals surface area contributed by atoms with Crippen LogP contribution in [-0.2, 0) is 16.1 Å². The second-order valence-electron chi connectivity index (χ2n) is 6.36. The minimum absolute atomic E-state index is 0.147. The van der Waals surface area contributed by atoms with Gasteiger partial charge in [-0.25, -0.2) is 9.45 Å². The zero-order valence-corrected chi connectivity index (χ0v) is 15.4. The lowest BCUT2D eigenvalue weighted by Gasteiger charge is -2.32. The van der Waals surface area contributed by atoms with Crippen LogP contribution in [-0.4, -0.2) is 44.1 Å². The highest BCUT2D eigenvalue weighted by atomic mass is 19.1. The van der Waals surface area contributed by atoms with E-state index < -0.39 is 0 Å². The van der Waals surface area contributed by atoms with Crippen molar-refractivity contribution in [2.24, 2.45) is 0 Å². The normalized spacial score (nSPS) is 13.1. The average molecular weight is 371 g/mol. The first kappa shape index (κ1) is 18.8. The number of fused-ring (bicyclic) bond motifs is 1. The van der Waals surface area contributed by atoms with E-state index in [1.807, 2.05) is 23.1 Å². The van der Waals surface area contributed by atoms with Crippen LogP contribution < -0.4 is 10.2 Å². The standard InChI is InChI=1S/C20H22FN3O3/c1-23(27-2)19(25)13-24-12-4-5-16-17(6-3-7-18(16)24)22-20(26)14-8-10-15(21)11-9-14/h3,6-11H,4-5,12-13H2,1-2H3,(H,22,26). The molecule has 1 aliphatic rings. The van der Waals surface area contributed by atoms with Crippen LogP contribution in [0.1, 0.15) is 22.3 Å². The fourth-order valence-electron chi connectivity index (χ4n) is 3.14. The smallest absolute Gasteiger partial charge is 0.265 e. The van der Waals surface area contributed by atoms with Crippen LogP contribution in [0.15, 0.2) is 42.5 Å². The van der Waals surface area contributed by atoms with Crippen LogP contribution in [0.3, 0.4) is 0 Å². The summed E-state index contributed by atoms with van der Waals surface area (Å²) in [5.41, 5.74) is 3.01. The molecule has 27 heavy (non-hydrogen) atoms. The number of anilines is 2. The summed E-state index contributed by atoms with van der Waals surface area (Å²) in [7, 11) is 3.03. The molecule has 6 nitrogen and oxygen atoms in total. The fourth-order valence-corrected chi connectivity index (χ4v) is 3.14. The van der Waals surface area contributed by atoms with E-state index in [0.29, 0.717) is 11.3 Å². The summed E-state index contributed by atoms with van der Waals surface area (Å²) in [6, 6.07) is 11.1. The molecule has 2 amide bonds. The summed E-state index contributed by atoms with van der Waals surface area (Å²) in [5.74, 6) is -0.827. The summed E-state index contributed by atoms with van der Waals surface area (Å²) < 4.78 is 13.1. The van der Waals surface area contributed by atoms with Gasteiger partial charge in [-0.05, 0) is 54.8 Å². The van der Waals surface area contributed by atoms with E-state index in [1.54, 1.807) is 7.05 Å². The van der Waals surface area contributed by atoms with Gasteiger partial charge in [-0.2, -0.15) is 0 Å². The summed E-state index contributed by atoms with van der Waals surface area (Å²) in [5, 5.41) is 4.11. The largest absolute Gasteiger partial charge is 0.362 e. The Bertz CT molecular complexity index is 839. The monoisotopic (exact) mass is 371 g/mol. The molecule has 0 aromatic heterocycles. The Hall–Kier alpha value is -2.93. The maximum absolute atomic E-state index is 13.1. The Balaban J connectivity index is 1.81. The van der Waals surface area contributed by atoms with Gasteiger partial charge in [0.2, 0.25) is 0 Å². The fraction of sp³-hybridized carbons (Fsp3) is 0.300. The first-order chi connectivity index (χ1) is 13.0. The van der Waals surface area contributed by atoms with Gasteiger partial charge in [0.05, 0.1) is 13.7 Å². The lowest BCUT2D eigenvalue weighted by atomic mass is 9.99. The number of hydrogen-bond acceptors (Lipinski definition) is 4. The minimum atomic E-state index is -0.384. The Labute approximate surface area is 157 Å². The first-order valence-corrected chi connectivity index (χ1v) is 8.74. The molecule has 3 rings (SSSR count). The van der Waals surface area contributed by atoms with E-state index in [2.05, 4.69) is 5.32 Å². The molecule has 0 atom stereocenters. The van der Waals surface area contributed by atoms with E-state index >= 15 is 0 Å². The number of hydroxylamine groups is 2. The van der Waals surface area contributed by atoms with Gasteiger partial charge < -0.3 is 10.2 Å². The van der Waals surface area contributed by atoms with Crippen molar-refractivity contribution in [1.29, 1.82) is 0 Å². The zero-order valence-electron chi connectivity index (χ0n) is 15.4. The number of rotatable bonds is 5. The van der Waals surface area contributed by atoms with E-state index in [-0.39, 0.29) is 24.2 Å². The Morgan fingerprint density at radius 3 is 2.67 bits per heavy atom. The van der Waals surface area contributed by atoms with Gasteiger partial charge in [0, 0.05) is 30.5 Å². The Morgan fingerprint density at radius 2 is 1.96 bits per heavy atom. The van der Waals surface area contributed by atoms with Crippen LogP contribution >= 0.6 is 0 Å². The maximum atomic E-state index is 13.1. The molecular formula is C20H22FN3O3. The van der Waals surface area contributed by atoms with Crippen molar-refractivity contribution in [3.8, 4) is 0 Å². The van der Waals surface area contributed by atoms with Crippen LogP contribution in [0.4, 0.5) is 15.8 Å². The third-order valence-electron chi connectivity index (χ3n) is 4.65. The van der Waals surface area contributed by atoms with Crippen molar-refractivity contribution in [3.05, 3.63) is 59.4 Å². The molecule has 1 aliphatic heterocycles. The van der Waals surface area contributed by atoms with Crippen molar-refractivity contribution >= 4 is 23.2 Å². The molecule has 0 saturated heterocycles. The second-order valence-corrected chi connectivity index (χ2v) is 6.36. The van der Waals surface area contributed by atoms with Crippen molar-refractivity contribution < 1.29 is 18.8 Å². The van der Waals surface area contributed by atoms with E-state index in [9.17, 15) is 14.0 Å². The molecule has 1 heterocycles. The molecular weight excluding hydrogens is 349 g/mol. The Kier molecular flexibility index (Phi) is 5.71. The summed E-state index contributed by atoms with van der Waals surface area (Å²) in [6.45, 7) is 0.957. The summed E-state index contributed by atoms with van der Waals surface area (Å²) in [6.07, 6.45) is 1.68. The second kappa shape index (κ2) is 8.18. The number of hydrogen-bond donors (Lipinski definition) is 1. The first-order valence-electron chi connectivity index (χ1n) is 8.74. The van der Waals surface area contributed by atoms with Gasteiger partial charge in [0.15, 0.2) is 0 Å². The van der Waals surface area contributed by atoms with Gasteiger partial charge in [-0.1, -0.05) is 6.07 Å². The molecule has 0 bridgehead atoms. The van der Waals surface area contributed by atoms with E-state index in [1.165, 1.54) is 36.4 Å². The Morgan fingerprint density at radius 1 is 1.22 bits per heavy atom. The highest BCUT2D eigenvalue weighted by Gasteiger charge is 2.23. The molecule has 0 unspecified atom stereocenters.